The van der Waals surface area contributed by atoms with Crippen LogP contribution in [0.3, 0.4) is 0 Å². The summed E-state index contributed by atoms with van der Waals surface area (Å²) < 4.78 is 13.5. The molecule has 6 rings (SSSR count). The van der Waals surface area contributed by atoms with Crippen LogP contribution in [0.25, 0.3) is 27.1 Å². The first-order chi connectivity index (χ1) is 15.3. The molecular formula is C22H20N6O2S. The van der Waals surface area contributed by atoms with Crippen molar-refractivity contribution in [3.05, 3.63) is 60.0 Å². The van der Waals surface area contributed by atoms with E-state index in [0.717, 1.165) is 22.4 Å². The Morgan fingerprint density at radius 2 is 1.94 bits per heavy atom. The lowest BCUT2D eigenvalue weighted by Gasteiger charge is -2.10. The Labute approximate surface area is 182 Å². The predicted molar refractivity (Wildman–Crippen MR) is 119 cm³/mol. The monoisotopic (exact) mass is 432 g/mol. The van der Waals surface area contributed by atoms with E-state index in [1.54, 1.807) is 35.4 Å². The molecule has 0 radical (unpaired) electrons. The molecule has 0 N–H and O–H groups in total. The quantitative estimate of drug-likeness (QED) is 0.416. The van der Waals surface area contributed by atoms with E-state index in [9.17, 15) is 0 Å². The zero-order valence-electron chi connectivity index (χ0n) is 17.1. The number of imidazole rings is 1. The van der Waals surface area contributed by atoms with Gasteiger partial charge in [0.05, 0.1) is 41.2 Å². The molecule has 1 aliphatic rings. The lowest BCUT2D eigenvalue weighted by atomic mass is 10.1. The summed E-state index contributed by atoms with van der Waals surface area (Å²) in [6, 6.07) is 10.5. The Balaban J connectivity index is 0.000000189. The minimum Gasteiger partial charge on any atom is -0.480 e. The molecule has 0 unspecified atom stereocenters. The highest BCUT2D eigenvalue weighted by atomic mass is 32.1. The van der Waals surface area contributed by atoms with Crippen LogP contribution in [-0.4, -0.2) is 43.8 Å². The third-order valence-electron chi connectivity index (χ3n) is 5.03. The van der Waals surface area contributed by atoms with E-state index in [0.29, 0.717) is 11.8 Å². The summed E-state index contributed by atoms with van der Waals surface area (Å²) in [5.41, 5.74) is 6.60. The van der Waals surface area contributed by atoms with Gasteiger partial charge < -0.3 is 9.47 Å². The van der Waals surface area contributed by atoms with E-state index < -0.39 is 0 Å². The van der Waals surface area contributed by atoms with Crippen molar-refractivity contribution in [1.29, 1.82) is 0 Å². The summed E-state index contributed by atoms with van der Waals surface area (Å²) >= 11 is 1.68. The number of rotatable bonds is 4. The minimum absolute atomic E-state index is 0.270. The fourth-order valence-electron chi connectivity index (χ4n) is 3.35. The van der Waals surface area contributed by atoms with E-state index in [4.69, 9.17) is 9.47 Å². The fourth-order valence-corrected chi connectivity index (χ4v) is 4.03. The number of hydrogen-bond donors (Lipinski definition) is 0. The molecule has 0 saturated heterocycles. The van der Waals surface area contributed by atoms with Gasteiger partial charge in [-0.05, 0) is 37.0 Å². The maximum Gasteiger partial charge on any atom is 0.319 e. The summed E-state index contributed by atoms with van der Waals surface area (Å²) in [4.78, 5) is 16.9. The normalized spacial score (nSPS) is 13.1. The average molecular weight is 433 g/mol. The lowest BCUT2D eigenvalue weighted by Crippen LogP contribution is -2.02. The summed E-state index contributed by atoms with van der Waals surface area (Å²) in [6.07, 6.45) is 7.68. The fraction of sp³-hybridized carbons (Fsp3) is 0.227. The molecule has 5 aromatic rings. The van der Waals surface area contributed by atoms with Crippen molar-refractivity contribution in [2.24, 2.45) is 0 Å². The molecule has 0 aliphatic heterocycles. The number of ether oxygens (including phenoxy) is 2. The van der Waals surface area contributed by atoms with Gasteiger partial charge in [-0.15, -0.1) is 11.3 Å². The second kappa shape index (κ2) is 8.27. The molecule has 4 heterocycles. The molecule has 31 heavy (non-hydrogen) atoms. The highest BCUT2D eigenvalue weighted by Crippen LogP contribution is 2.43. The van der Waals surface area contributed by atoms with Gasteiger partial charge in [0.2, 0.25) is 5.88 Å². The van der Waals surface area contributed by atoms with Crippen molar-refractivity contribution in [3.63, 3.8) is 0 Å². The molecule has 1 saturated carbocycles. The molecule has 8 nitrogen and oxygen atoms in total. The molecule has 0 bridgehead atoms. The Bertz CT molecular complexity index is 1310. The van der Waals surface area contributed by atoms with Crippen molar-refractivity contribution in [2.75, 3.05) is 14.2 Å². The van der Waals surface area contributed by atoms with Crippen LogP contribution in [-0.2, 0) is 0 Å². The highest BCUT2D eigenvalue weighted by molar-refractivity contribution is 7.16. The molecular weight excluding hydrogens is 412 g/mol. The van der Waals surface area contributed by atoms with E-state index in [1.807, 2.05) is 29.9 Å². The maximum absolute atomic E-state index is 5.36. The van der Waals surface area contributed by atoms with Crippen molar-refractivity contribution in [2.45, 2.75) is 18.8 Å². The van der Waals surface area contributed by atoms with Crippen molar-refractivity contribution < 1.29 is 9.47 Å². The van der Waals surface area contributed by atoms with E-state index >= 15 is 0 Å². The number of methoxy groups -OCH3 is 2. The number of benzene rings is 1. The average Bonchev–Trinajstić information content (AvgIpc) is 3.35. The lowest BCUT2D eigenvalue weighted by molar-refractivity contribution is 0.353. The molecule has 1 aromatic carbocycles. The summed E-state index contributed by atoms with van der Waals surface area (Å²) in [7, 11) is 3.10. The smallest absolute Gasteiger partial charge is 0.319 e. The molecule has 9 heteroatoms. The second-order valence-electron chi connectivity index (χ2n) is 7.05. The predicted octanol–water partition coefficient (Wildman–Crippen LogP) is 4.38. The van der Waals surface area contributed by atoms with Crippen LogP contribution in [0.5, 0.6) is 11.9 Å². The van der Waals surface area contributed by atoms with Crippen LogP contribution >= 0.6 is 11.3 Å². The molecule has 156 valence electrons. The van der Waals surface area contributed by atoms with Crippen molar-refractivity contribution in [1.82, 2.24) is 29.5 Å². The van der Waals surface area contributed by atoms with Gasteiger partial charge in [-0.3, -0.25) is 0 Å². The number of thiazole rings is 1. The van der Waals surface area contributed by atoms with Gasteiger partial charge >= 0.3 is 6.01 Å². The maximum atomic E-state index is 5.36. The third kappa shape index (κ3) is 3.91. The number of fused-ring (bicyclic) bond motifs is 2. The Morgan fingerprint density at radius 3 is 2.71 bits per heavy atom. The van der Waals surface area contributed by atoms with Gasteiger partial charge in [0, 0.05) is 24.2 Å². The molecule has 0 spiro atoms. The Kier molecular flexibility index (Phi) is 5.17. The molecule has 0 amide bonds. The Hall–Kier alpha value is -3.59. The first kappa shape index (κ1) is 19.4. The third-order valence-corrected chi connectivity index (χ3v) is 5.84. The van der Waals surface area contributed by atoms with Crippen LogP contribution in [0.4, 0.5) is 0 Å². The number of aromatic nitrogens is 6. The Morgan fingerprint density at radius 1 is 1.06 bits per heavy atom. The first-order valence-corrected chi connectivity index (χ1v) is 10.7. The molecule has 1 fully saturated rings. The topological polar surface area (TPSA) is 87.3 Å². The highest BCUT2D eigenvalue weighted by Gasteiger charge is 2.28. The molecule has 0 atom stereocenters. The van der Waals surface area contributed by atoms with Crippen LogP contribution in [0, 0.1) is 0 Å². The molecule has 4 aromatic heterocycles. The van der Waals surface area contributed by atoms with Crippen LogP contribution in [0.15, 0.2) is 54.4 Å². The number of hydrogen-bond acceptors (Lipinski definition) is 8. The van der Waals surface area contributed by atoms with Crippen LogP contribution in [0.2, 0.25) is 0 Å². The van der Waals surface area contributed by atoms with Gasteiger partial charge in [-0.25, -0.2) is 19.5 Å². The van der Waals surface area contributed by atoms with Crippen molar-refractivity contribution >= 4 is 27.2 Å². The molecule has 1 aliphatic carbocycles. The van der Waals surface area contributed by atoms with Crippen molar-refractivity contribution in [3.8, 4) is 23.1 Å². The van der Waals surface area contributed by atoms with Gasteiger partial charge in [-0.2, -0.15) is 10.1 Å². The minimum atomic E-state index is 0.270. The summed E-state index contributed by atoms with van der Waals surface area (Å²) in [5.74, 6) is 1.01. The van der Waals surface area contributed by atoms with Gasteiger partial charge in [-0.1, -0.05) is 12.1 Å². The van der Waals surface area contributed by atoms with Gasteiger partial charge in [0.1, 0.15) is 0 Å². The number of nitrogens with zero attached hydrogens (tertiary/aromatic N) is 6. The summed E-state index contributed by atoms with van der Waals surface area (Å²) in [5, 5.41) is 4.59. The summed E-state index contributed by atoms with van der Waals surface area (Å²) in [6.45, 7) is 0. The zero-order chi connectivity index (χ0) is 21.2. The van der Waals surface area contributed by atoms with E-state index in [1.165, 1.54) is 30.2 Å². The van der Waals surface area contributed by atoms with Gasteiger partial charge in [0.15, 0.2) is 5.65 Å². The SMILES string of the molecule is COc1ncc(-c2cc(C3CC3)c3nccn3n2)c(OC)n1.c1ccc2scnc2c1. The van der Waals surface area contributed by atoms with Crippen LogP contribution in [0.1, 0.15) is 24.3 Å². The standard InChI is InChI=1S/C15H15N5O2.C7H5NS/c1-21-14-11(8-17-15(18-14)22-2)12-7-10(9-3-4-9)13-16-5-6-20(13)19-12;1-2-4-7-6(3-1)8-5-9-7/h5-9H,3-4H2,1-2H3;1-5H. The van der Waals surface area contributed by atoms with Crippen LogP contribution < -0.4 is 9.47 Å². The number of para-hydroxylation sites is 1. The van der Waals surface area contributed by atoms with E-state index in [2.05, 4.69) is 37.2 Å². The first-order valence-electron chi connectivity index (χ1n) is 9.84. The van der Waals surface area contributed by atoms with E-state index in [-0.39, 0.29) is 6.01 Å². The largest absolute Gasteiger partial charge is 0.480 e. The second-order valence-corrected chi connectivity index (χ2v) is 7.94. The zero-order valence-corrected chi connectivity index (χ0v) is 17.9. The van der Waals surface area contributed by atoms with Gasteiger partial charge in [0.25, 0.3) is 0 Å².